The van der Waals surface area contributed by atoms with Crippen LogP contribution < -0.4 is 10.7 Å². The van der Waals surface area contributed by atoms with Crippen LogP contribution in [-0.4, -0.2) is 15.9 Å². The third-order valence-corrected chi connectivity index (χ3v) is 3.50. The molecule has 0 unspecified atom stereocenters. The van der Waals surface area contributed by atoms with Gasteiger partial charge in [-0.15, -0.1) is 0 Å². The van der Waals surface area contributed by atoms with E-state index in [1.165, 1.54) is 4.79 Å². The van der Waals surface area contributed by atoms with Gasteiger partial charge in [-0.3, -0.25) is 0 Å². The highest BCUT2D eigenvalue weighted by Gasteiger charge is 2.07. The Kier molecular flexibility index (Phi) is 3.39. The summed E-state index contributed by atoms with van der Waals surface area (Å²) in [5.74, 6) is 0. The molecule has 1 aromatic heterocycles. The predicted molar refractivity (Wildman–Crippen MR) is 82.3 cm³/mol. The second-order valence-electron chi connectivity index (χ2n) is 4.16. The van der Waals surface area contributed by atoms with Crippen LogP contribution >= 0.6 is 15.9 Å². The van der Waals surface area contributed by atoms with Gasteiger partial charge >= 0.3 is 6.03 Å². The zero-order valence-electron chi connectivity index (χ0n) is 10.4. The highest BCUT2D eigenvalue weighted by atomic mass is 79.9. The Bertz CT molecular complexity index is 768. The largest absolute Gasteiger partial charge is 0.339 e. The van der Waals surface area contributed by atoms with E-state index in [1.54, 1.807) is 6.20 Å². The monoisotopic (exact) mass is 330 g/mol. The Morgan fingerprint density at radius 2 is 1.85 bits per heavy atom. The molecule has 0 saturated heterocycles. The Hall–Kier alpha value is -2.34. The van der Waals surface area contributed by atoms with Gasteiger partial charge in [0.2, 0.25) is 0 Å². The lowest BCUT2D eigenvalue weighted by Gasteiger charge is -2.09. The SMILES string of the molecule is O=C(Nc1ccccc1Br)Nn1ncc2ccccc21. The number of aromatic nitrogens is 2. The number of carbonyl (C=O) groups excluding carboxylic acids is 1. The first-order chi connectivity index (χ1) is 9.74. The van der Waals surface area contributed by atoms with E-state index < -0.39 is 0 Å². The van der Waals surface area contributed by atoms with Crippen LogP contribution in [0, 0.1) is 0 Å². The number of fused-ring (bicyclic) bond motifs is 1. The van der Waals surface area contributed by atoms with E-state index in [-0.39, 0.29) is 6.03 Å². The summed E-state index contributed by atoms with van der Waals surface area (Å²) in [6.07, 6.45) is 1.70. The first-order valence-electron chi connectivity index (χ1n) is 5.99. The van der Waals surface area contributed by atoms with Gasteiger partial charge < -0.3 is 5.32 Å². The molecule has 0 bridgehead atoms. The molecule has 6 heteroatoms. The first kappa shape index (κ1) is 12.7. The minimum Gasteiger partial charge on any atom is -0.305 e. The summed E-state index contributed by atoms with van der Waals surface area (Å²) in [5, 5.41) is 7.85. The van der Waals surface area contributed by atoms with Gasteiger partial charge in [-0.25, -0.2) is 10.2 Å². The average Bonchev–Trinajstić information content (AvgIpc) is 2.85. The van der Waals surface area contributed by atoms with E-state index in [0.29, 0.717) is 5.69 Å². The summed E-state index contributed by atoms with van der Waals surface area (Å²) >= 11 is 3.38. The van der Waals surface area contributed by atoms with Crippen molar-refractivity contribution in [1.29, 1.82) is 0 Å². The molecule has 2 amide bonds. The number of carbonyl (C=O) groups is 1. The molecule has 2 aromatic carbocycles. The maximum absolute atomic E-state index is 12.0. The molecule has 0 fully saturated rings. The quantitative estimate of drug-likeness (QED) is 0.754. The van der Waals surface area contributed by atoms with Crippen LogP contribution in [0.15, 0.2) is 59.2 Å². The van der Waals surface area contributed by atoms with Crippen LogP contribution in [0.25, 0.3) is 10.9 Å². The molecule has 100 valence electrons. The van der Waals surface area contributed by atoms with E-state index in [1.807, 2.05) is 48.5 Å². The predicted octanol–water partition coefficient (Wildman–Crippen LogP) is 3.57. The highest BCUT2D eigenvalue weighted by molar-refractivity contribution is 9.10. The highest BCUT2D eigenvalue weighted by Crippen LogP contribution is 2.21. The zero-order valence-corrected chi connectivity index (χ0v) is 12.0. The van der Waals surface area contributed by atoms with Gasteiger partial charge in [0.15, 0.2) is 0 Å². The number of halogens is 1. The van der Waals surface area contributed by atoms with E-state index in [2.05, 4.69) is 31.8 Å². The number of nitrogens with one attached hydrogen (secondary N) is 2. The number of urea groups is 1. The van der Waals surface area contributed by atoms with Crippen molar-refractivity contribution in [3.05, 3.63) is 59.2 Å². The molecular formula is C14H11BrN4O. The fraction of sp³-hybridized carbons (Fsp3) is 0. The average molecular weight is 331 g/mol. The van der Waals surface area contributed by atoms with Gasteiger partial charge in [0, 0.05) is 9.86 Å². The zero-order chi connectivity index (χ0) is 13.9. The lowest BCUT2D eigenvalue weighted by Crippen LogP contribution is -2.28. The van der Waals surface area contributed by atoms with Crippen LogP contribution in [0.1, 0.15) is 0 Å². The molecule has 3 rings (SSSR count). The Labute approximate surface area is 123 Å². The molecule has 0 spiro atoms. The molecule has 0 atom stereocenters. The summed E-state index contributed by atoms with van der Waals surface area (Å²) < 4.78 is 0.820. The van der Waals surface area contributed by atoms with Crippen molar-refractivity contribution in [1.82, 2.24) is 9.89 Å². The Balaban J connectivity index is 1.78. The van der Waals surface area contributed by atoms with Crippen molar-refractivity contribution in [2.24, 2.45) is 0 Å². The minimum absolute atomic E-state index is 0.356. The molecule has 3 aromatic rings. The van der Waals surface area contributed by atoms with Crippen molar-refractivity contribution in [3.8, 4) is 0 Å². The third-order valence-electron chi connectivity index (χ3n) is 2.81. The van der Waals surface area contributed by atoms with E-state index in [9.17, 15) is 4.79 Å². The van der Waals surface area contributed by atoms with Gasteiger partial charge in [-0.2, -0.15) is 9.89 Å². The molecule has 0 aliphatic heterocycles. The third kappa shape index (κ3) is 2.50. The number of hydrogen-bond donors (Lipinski definition) is 2. The standard InChI is InChI=1S/C14H11BrN4O/c15-11-6-2-3-7-12(11)17-14(20)18-19-13-8-4-1-5-10(13)9-16-19/h1-9H,(H2,17,18,20). The second-order valence-corrected chi connectivity index (χ2v) is 5.02. The van der Waals surface area contributed by atoms with Gasteiger partial charge in [0.25, 0.3) is 0 Å². The molecule has 1 heterocycles. The topological polar surface area (TPSA) is 59.0 Å². The van der Waals surface area contributed by atoms with Crippen LogP contribution in [0.4, 0.5) is 10.5 Å². The molecule has 0 aliphatic carbocycles. The number of anilines is 1. The van der Waals surface area contributed by atoms with Crippen molar-refractivity contribution >= 4 is 38.6 Å². The molecule has 2 N–H and O–H groups in total. The lowest BCUT2D eigenvalue weighted by atomic mass is 10.3. The smallest absolute Gasteiger partial charge is 0.305 e. The minimum atomic E-state index is -0.356. The van der Waals surface area contributed by atoms with Crippen molar-refractivity contribution in [2.75, 3.05) is 10.7 Å². The maximum atomic E-state index is 12.0. The van der Waals surface area contributed by atoms with Crippen molar-refractivity contribution < 1.29 is 4.79 Å². The summed E-state index contributed by atoms with van der Waals surface area (Å²) in [4.78, 5) is 13.4. The number of nitrogens with zero attached hydrogens (tertiary/aromatic N) is 2. The molecular weight excluding hydrogens is 320 g/mol. The lowest BCUT2D eigenvalue weighted by molar-refractivity contribution is 0.259. The summed E-state index contributed by atoms with van der Waals surface area (Å²) in [7, 11) is 0. The van der Waals surface area contributed by atoms with E-state index in [4.69, 9.17) is 0 Å². The number of rotatable bonds is 2. The molecule has 20 heavy (non-hydrogen) atoms. The number of amides is 2. The summed E-state index contributed by atoms with van der Waals surface area (Å²) in [5.41, 5.74) is 4.21. The Morgan fingerprint density at radius 1 is 1.10 bits per heavy atom. The molecule has 0 radical (unpaired) electrons. The Morgan fingerprint density at radius 3 is 2.70 bits per heavy atom. The second kappa shape index (κ2) is 5.34. The van der Waals surface area contributed by atoms with Crippen molar-refractivity contribution in [2.45, 2.75) is 0 Å². The van der Waals surface area contributed by atoms with Crippen LogP contribution in [-0.2, 0) is 0 Å². The van der Waals surface area contributed by atoms with Gasteiger partial charge in [-0.1, -0.05) is 30.3 Å². The fourth-order valence-electron chi connectivity index (χ4n) is 1.87. The normalized spacial score (nSPS) is 10.4. The van der Waals surface area contributed by atoms with Gasteiger partial charge in [0.1, 0.15) is 0 Å². The first-order valence-corrected chi connectivity index (χ1v) is 6.78. The van der Waals surface area contributed by atoms with Crippen LogP contribution in [0.2, 0.25) is 0 Å². The molecule has 5 nitrogen and oxygen atoms in total. The molecule has 0 aliphatic rings. The van der Waals surface area contributed by atoms with E-state index in [0.717, 1.165) is 15.4 Å². The van der Waals surface area contributed by atoms with Crippen molar-refractivity contribution in [3.63, 3.8) is 0 Å². The molecule has 0 saturated carbocycles. The van der Waals surface area contributed by atoms with Crippen LogP contribution in [0.5, 0.6) is 0 Å². The number of hydrogen-bond acceptors (Lipinski definition) is 2. The maximum Gasteiger partial charge on any atom is 0.339 e. The fourth-order valence-corrected chi connectivity index (χ4v) is 2.25. The number of para-hydroxylation sites is 2. The summed E-state index contributed by atoms with van der Waals surface area (Å²) in [6, 6.07) is 14.7. The van der Waals surface area contributed by atoms with Gasteiger partial charge in [-0.05, 0) is 34.1 Å². The number of benzene rings is 2. The summed E-state index contributed by atoms with van der Waals surface area (Å²) in [6.45, 7) is 0. The van der Waals surface area contributed by atoms with Gasteiger partial charge in [0.05, 0.1) is 17.4 Å². The van der Waals surface area contributed by atoms with E-state index >= 15 is 0 Å². The van der Waals surface area contributed by atoms with Crippen LogP contribution in [0.3, 0.4) is 0 Å².